The Morgan fingerprint density at radius 2 is 1.56 bits per heavy atom. The molecule has 3 aliphatic rings. The number of nitrogens with zero attached hydrogens (tertiary/aromatic N) is 1. The number of ether oxygens (including phenoxy) is 1. The third-order valence-electron chi connectivity index (χ3n) is 7.49. The molecule has 1 N–H and O–H groups in total. The zero-order valence-electron chi connectivity index (χ0n) is 20.6. The molecule has 3 saturated heterocycles. The Morgan fingerprint density at radius 3 is 2.03 bits per heavy atom. The zero-order chi connectivity index (χ0) is 23.5. The van der Waals surface area contributed by atoms with Gasteiger partial charge in [-0.2, -0.15) is 0 Å². The molecule has 6 nitrogen and oxygen atoms in total. The van der Waals surface area contributed by atoms with Gasteiger partial charge in [-0.15, -0.1) is 0 Å². The van der Waals surface area contributed by atoms with Crippen molar-refractivity contribution in [2.45, 2.75) is 115 Å². The second-order valence-corrected chi connectivity index (χ2v) is 11.9. The van der Waals surface area contributed by atoms with E-state index in [0.29, 0.717) is 19.3 Å². The van der Waals surface area contributed by atoms with Gasteiger partial charge in [0.15, 0.2) is 0 Å². The Kier molecular flexibility index (Phi) is 5.71. The summed E-state index contributed by atoms with van der Waals surface area (Å²) in [5.74, 6) is 0. The number of carbonyl (C=O) groups excluding carboxylic acids is 1. The summed E-state index contributed by atoms with van der Waals surface area (Å²) < 4.78 is 17.9. The molecular weight excluding hydrogens is 405 g/mol. The molecule has 1 amide bonds. The van der Waals surface area contributed by atoms with Gasteiger partial charge in [0.25, 0.3) is 0 Å². The van der Waals surface area contributed by atoms with E-state index in [9.17, 15) is 9.90 Å². The van der Waals surface area contributed by atoms with Gasteiger partial charge in [0.1, 0.15) is 5.60 Å². The molecule has 3 fully saturated rings. The average Bonchev–Trinajstić information content (AvgIpc) is 3.04. The molecule has 0 spiro atoms. The van der Waals surface area contributed by atoms with Gasteiger partial charge in [0.05, 0.1) is 16.8 Å². The van der Waals surface area contributed by atoms with Crippen molar-refractivity contribution in [2.75, 3.05) is 0 Å². The second kappa shape index (κ2) is 7.74. The number of piperidine rings is 1. The van der Waals surface area contributed by atoms with Crippen LogP contribution in [0.1, 0.15) is 79.7 Å². The van der Waals surface area contributed by atoms with Crippen LogP contribution in [-0.4, -0.2) is 57.7 Å². The Bertz CT molecular complexity index is 830. The normalized spacial score (nSPS) is 31.1. The first-order chi connectivity index (χ1) is 14.7. The van der Waals surface area contributed by atoms with Crippen LogP contribution in [0.25, 0.3) is 0 Å². The van der Waals surface area contributed by atoms with E-state index in [-0.39, 0.29) is 36.5 Å². The molecule has 1 aromatic carbocycles. The lowest BCUT2D eigenvalue weighted by Gasteiger charge is -2.44. The molecule has 2 bridgehead atoms. The lowest BCUT2D eigenvalue weighted by molar-refractivity contribution is -0.0579. The van der Waals surface area contributed by atoms with Crippen molar-refractivity contribution in [1.82, 2.24) is 4.90 Å². The minimum Gasteiger partial charge on any atom is -0.444 e. The predicted octanol–water partition coefficient (Wildman–Crippen LogP) is 3.82. The van der Waals surface area contributed by atoms with Gasteiger partial charge in [-0.25, -0.2) is 4.79 Å². The summed E-state index contributed by atoms with van der Waals surface area (Å²) in [7, 11) is -0.384. The molecule has 7 heteroatoms. The first-order valence-corrected chi connectivity index (χ1v) is 11.9. The fourth-order valence-electron chi connectivity index (χ4n) is 5.23. The number of hydrogen-bond donors (Lipinski definition) is 1. The van der Waals surface area contributed by atoms with Gasteiger partial charge < -0.3 is 24.1 Å². The SMILES string of the molecule is CC(C)(C)OC(=O)N1C2CCC1CC(O)(Cc1ccc(B3OC(C)(C)C(C)(C)O3)cc1)C2. The molecule has 0 radical (unpaired) electrons. The maximum Gasteiger partial charge on any atom is 0.494 e. The van der Waals surface area contributed by atoms with Crippen molar-refractivity contribution in [3.05, 3.63) is 29.8 Å². The van der Waals surface area contributed by atoms with Crippen LogP contribution in [0.5, 0.6) is 0 Å². The molecule has 32 heavy (non-hydrogen) atoms. The summed E-state index contributed by atoms with van der Waals surface area (Å²) in [5.41, 5.74) is 0.0104. The quantitative estimate of drug-likeness (QED) is 0.720. The van der Waals surface area contributed by atoms with Gasteiger partial charge in [-0.1, -0.05) is 24.3 Å². The molecule has 0 aliphatic carbocycles. The second-order valence-electron chi connectivity index (χ2n) is 11.9. The van der Waals surface area contributed by atoms with E-state index in [4.69, 9.17) is 14.0 Å². The summed E-state index contributed by atoms with van der Waals surface area (Å²) in [6.07, 6.45) is 3.34. The third kappa shape index (κ3) is 4.57. The van der Waals surface area contributed by atoms with E-state index in [0.717, 1.165) is 23.9 Å². The molecule has 2 atom stereocenters. The van der Waals surface area contributed by atoms with Crippen LogP contribution >= 0.6 is 0 Å². The fourth-order valence-corrected chi connectivity index (χ4v) is 5.23. The highest BCUT2D eigenvalue weighted by Gasteiger charge is 2.52. The molecule has 176 valence electrons. The number of fused-ring (bicyclic) bond motifs is 2. The summed E-state index contributed by atoms with van der Waals surface area (Å²) in [5, 5.41) is 11.4. The number of benzene rings is 1. The summed E-state index contributed by atoms with van der Waals surface area (Å²) in [6.45, 7) is 13.9. The van der Waals surface area contributed by atoms with Crippen LogP contribution in [0.4, 0.5) is 4.79 Å². The number of amides is 1. The molecule has 3 heterocycles. The topological polar surface area (TPSA) is 68.2 Å². The Labute approximate surface area is 192 Å². The smallest absolute Gasteiger partial charge is 0.444 e. The molecule has 0 aromatic heterocycles. The maximum atomic E-state index is 12.7. The van der Waals surface area contributed by atoms with Crippen LogP contribution in [0.3, 0.4) is 0 Å². The lowest BCUT2D eigenvalue weighted by atomic mass is 9.77. The molecular formula is C25H38BNO5. The van der Waals surface area contributed by atoms with Gasteiger partial charge in [0, 0.05) is 18.5 Å². The number of hydrogen-bond acceptors (Lipinski definition) is 5. The zero-order valence-corrected chi connectivity index (χ0v) is 20.6. The lowest BCUT2D eigenvalue weighted by Crippen LogP contribution is -2.55. The minimum atomic E-state index is -0.809. The number of carbonyl (C=O) groups is 1. The predicted molar refractivity (Wildman–Crippen MR) is 125 cm³/mol. The third-order valence-corrected chi connectivity index (χ3v) is 7.49. The molecule has 0 saturated carbocycles. The van der Waals surface area contributed by atoms with E-state index < -0.39 is 11.2 Å². The van der Waals surface area contributed by atoms with Gasteiger partial charge in [0.2, 0.25) is 0 Å². The van der Waals surface area contributed by atoms with Gasteiger partial charge in [-0.05, 0) is 85.2 Å². The highest BCUT2D eigenvalue weighted by atomic mass is 16.7. The van der Waals surface area contributed by atoms with Crippen LogP contribution in [0.15, 0.2) is 24.3 Å². The first-order valence-electron chi connectivity index (χ1n) is 11.9. The standard InChI is InChI=1S/C25H38BNO5/c1-22(2,3)30-21(28)27-19-12-13-20(27)16-25(29,15-19)14-17-8-10-18(11-9-17)26-31-23(4,5)24(6,7)32-26/h8-11,19-20,29H,12-16H2,1-7H3. The highest BCUT2D eigenvalue weighted by molar-refractivity contribution is 6.62. The van der Waals surface area contributed by atoms with Crippen LogP contribution in [-0.2, 0) is 20.5 Å². The Balaban J connectivity index is 1.41. The number of rotatable bonds is 3. The van der Waals surface area contributed by atoms with Crippen molar-refractivity contribution in [2.24, 2.45) is 0 Å². The van der Waals surface area contributed by atoms with Crippen molar-refractivity contribution in [3.63, 3.8) is 0 Å². The Hall–Kier alpha value is -1.57. The maximum absolute atomic E-state index is 12.7. The van der Waals surface area contributed by atoms with E-state index in [1.165, 1.54) is 0 Å². The summed E-state index contributed by atoms with van der Waals surface area (Å²) in [6, 6.07) is 8.26. The van der Waals surface area contributed by atoms with Gasteiger partial charge >= 0.3 is 13.2 Å². The molecule has 1 aromatic rings. The van der Waals surface area contributed by atoms with E-state index in [1.54, 1.807) is 0 Å². The minimum absolute atomic E-state index is 0.0395. The largest absolute Gasteiger partial charge is 0.494 e. The van der Waals surface area contributed by atoms with Crippen LogP contribution in [0.2, 0.25) is 0 Å². The van der Waals surface area contributed by atoms with E-state index >= 15 is 0 Å². The van der Waals surface area contributed by atoms with Crippen molar-refractivity contribution >= 4 is 18.7 Å². The van der Waals surface area contributed by atoms with E-state index in [2.05, 4.69) is 39.8 Å². The van der Waals surface area contributed by atoms with Crippen molar-refractivity contribution in [3.8, 4) is 0 Å². The Morgan fingerprint density at radius 1 is 1.06 bits per heavy atom. The fraction of sp³-hybridized carbons (Fsp3) is 0.720. The summed E-state index contributed by atoms with van der Waals surface area (Å²) in [4.78, 5) is 14.6. The molecule has 2 unspecified atom stereocenters. The first kappa shape index (κ1) is 23.6. The van der Waals surface area contributed by atoms with Gasteiger partial charge in [-0.3, -0.25) is 0 Å². The molecule has 4 rings (SSSR count). The highest BCUT2D eigenvalue weighted by Crippen LogP contribution is 2.43. The number of aliphatic hydroxyl groups is 1. The van der Waals surface area contributed by atoms with E-state index in [1.807, 2.05) is 37.8 Å². The average molecular weight is 443 g/mol. The van der Waals surface area contributed by atoms with Crippen LogP contribution < -0.4 is 5.46 Å². The summed E-state index contributed by atoms with van der Waals surface area (Å²) >= 11 is 0. The van der Waals surface area contributed by atoms with Crippen molar-refractivity contribution in [1.29, 1.82) is 0 Å². The molecule has 3 aliphatic heterocycles. The van der Waals surface area contributed by atoms with Crippen LogP contribution in [0, 0.1) is 0 Å². The monoisotopic (exact) mass is 443 g/mol. The van der Waals surface area contributed by atoms with Crippen molar-refractivity contribution < 1.29 is 23.9 Å².